The Morgan fingerprint density at radius 1 is 1.03 bits per heavy atom. The maximum atomic E-state index is 13.1. The van der Waals surface area contributed by atoms with E-state index in [-0.39, 0.29) is 17.3 Å². The number of halogens is 1. The molecule has 0 unspecified atom stereocenters. The first-order chi connectivity index (χ1) is 14.2. The molecule has 1 saturated carbocycles. The van der Waals surface area contributed by atoms with Gasteiger partial charge < -0.3 is 15.2 Å². The van der Waals surface area contributed by atoms with Crippen molar-refractivity contribution in [1.29, 1.82) is 0 Å². The van der Waals surface area contributed by atoms with Gasteiger partial charge in [-0.05, 0) is 86.4 Å². The van der Waals surface area contributed by atoms with Gasteiger partial charge in [-0.3, -0.25) is 4.79 Å². The molecular weight excluding hydrogens is 398 g/mol. The lowest BCUT2D eigenvalue weighted by atomic mass is 9.73. The minimum atomic E-state index is -0.695. The average molecular weight is 426 g/mol. The van der Waals surface area contributed by atoms with E-state index in [9.17, 15) is 9.90 Å². The quantitative estimate of drug-likeness (QED) is 0.659. The molecule has 4 rings (SSSR count). The Kier molecular flexibility index (Phi) is 5.19. The number of carbonyl (C=O) groups is 1. The number of rotatable bonds is 3. The van der Waals surface area contributed by atoms with E-state index in [4.69, 9.17) is 16.3 Å². The van der Waals surface area contributed by atoms with Crippen molar-refractivity contribution in [3.05, 3.63) is 63.9 Å². The second-order valence-corrected chi connectivity index (χ2v) is 9.29. The van der Waals surface area contributed by atoms with Gasteiger partial charge in [0.15, 0.2) is 0 Å². The van der Waals surface area contributed by atoms with E-state index in [2.05, 4.69) is 18.3 Å². The molecule has 1 amide bonds. The molecule has 2 aromatic rings. The van der Waals surface area contributed by atoms with Gasteiger partial charge in [0, 0.05) is 12.1 Å². The number of carbonyl (C=O) groups excluding carboxylic acids is 1. The number of hydrogen-bond acceptors (Lipinski definition) is 3. The van der Waals surface area contributed by atoms with Crippen LogP contribution in [0.3, 0.4) is 0 Å². The predicted molar refractivity (Wildman–Crippen MR) is 121 cm³/mol. The monoisotopic (exact) mass is 425 g/mol. The minimum Gasteiger partial charge on any atom is -0.509 e. The highest BCUT2D eigenvalue weighted by Crippen LogP contribution is 2.46. The number of aliphatic hydroxyl groups is 1. The van der Waals surface area contributed by atoms with Gasteiger partial charge in [0.05, 0.1) is 16.7 Å². The van der Waals surface area contributed by atoms with Crippen LogP contribution in [0.15, 0.2) is 42.2 Å². The fourth-order valence-corrected chi connectivity index (χ4v) is 4.99. The molecule has 0 bridgehead atoms. The van der Waals surface area contributed by atoms with Crippen LogP contribution in [0.2, 0.25) is 5.02 Å². The molecule has 2 N–H and O–H groups in total. The van der Waals surface area contributed by atoms with Crippen molar-refractivity contribution in [3.8, 4) is 11.1 Å². The lowest BCUT2D eigenvalue weighted by molar-refractivity contribution is -0.117. The average Bonchev–Trinajstić information content (AvgIpc) is 2.96. The number of methoxy groups -OCH3 is 1. The molecular formula is C25H28ClNO3. The van der Waals surface area contributed by atoms with Crippen molar-refractivity contribution in [2.75, 3.05) is 7.11 Å². The molecule has 1 fully saturated rings. The first-order valence-electron chi connectivity index (χ1n) is 10.4. The van der Waals surface area contributed by atoms with Gasteiger partial charge in [-0.15, -0.1) is 0 Å². The molecule has 1 spiro atoms. The summed E-state index contributed by atoms with van der Waals surface area (Å²) >= 11 is 6.05. The summed E-state index contributed by atoms with van der Waals surface area (Å²) in [6.07, 6.45) is 2.88. The molecule has 1 aliphatic carbocycles. The molecule has 1 aliphatic heterocycles. The van der Waals surface area contributed by atoms with Crippen LogP contribution >= 0.6 is 11.6 Å². The van der Waals surface area contributed by atoms with Crippen LogP contribution in [-0.4, -0.2) is 29.3 Å². The van der Waals surface area contributed by atoms with Gasteiger partial charge in [0.1, 0.15) is 5.76 Å². The Morgan fingerprint density at radius 3 is 2.27 bits per heavy atom. The largest absolute Gasteiger partial charge is 0.509 e. The fourth-order valence-electron chi connectivity index (χ4n) is 4.86. The SMILES string of the molecule is CO[C@]1(C)CC[C@@]2(CC1)NC(=O)C(c1c(C)ccc(-c3ccc(Cl)cc3)c1C)=C2O. The maximum absolute atomic E-state index is 13.1. The fraction of sp³-hybridized carbons (Fsp3) is 0.400. The van der Waals surface area contributed by atoms with Crippen LogP contribution in [0.1, 0.15) is 49.3 Å². The van der Waals surface area contributed by atoms with Crippen LogP contribution in [0, 0.1) is 13.8 Å². The third kappa shape index (κ3) is 3.32. The van der Waals surface area contributed by atoms with E-state index in [0.717, 1.165) is 40.7 Å². The maximum Gasteiger partial charge on any atom is 0.256 e. The van der Waals surface area contributed by atoms with E-state index < -0.39 is 5.54 Å². The number of nitrogens with one attached hydrogen (secondary N) is 1. The molecule has 5 heteroatoms. The van der Waals surface area contributed by atoms with E-state index >= 15 is 0 Å². The zero-order valence-electron chi connectivity index (χ0n) is 17.9. The van der Waals surface area contributed by atoms with Crippen molar-refractivity contribution in [3.63, 3.8) is 0 Å². The molecule has 0 saturated heterocycles. The van der Waals surface area contributed by atoms with Gasteiger partial charge in [-0.1, -0.05) is 35.9 Å². The third-order valence-corrected chi connectivity index (χ3v) is 7.25. The second kappa shape index (κ2) is 7.44. The van der Waals surface area contributed by atoms with Gasteiger partial charge >= 0.3 is 0 Å². The Labute approximate surface area is 182 Å². The van der Waals surface area contributed by atoms with Crippen LogP contribution in [0.4, 0.5) is 0 Å². The number of hydrogen-bond donors (Lipinski definition) is 2. The van der Waals surface area contributed by atoms with Crippen molar-refractivity contribution in [2.45, 2.75) is 57.6 Å². The summed E-state index contributed by atoms with van der Waals surface area (Å²) in [5.74, 6) is -0.0296. The van der Waals surface area contributed by atoms with E-state index in [1.807, 2.05) is 44.2 Å². The molecule has 0 atom stereocenters. The standard InChI is InChI=1S/C25H28ClNO3/c1-15-5-10-19(17-6-8-18(26)9-7-17)16(2)20(15)21-22(28)25(27-23(21)29)13-11-24(3,30-4)12-14-25/h5-10,28H,11-14H2,1-4H3,(H,27,29)/t24-,25+. The summed E-state index contributed by atoms with van der Waals surface area (Å²) in [4.78, 5) is 13.1. The summed E-state index contributed by atoms with van der Waals surface area (Å²) in [5, 5.41) is 15.1. The summed E-state index contributed by atoms with van der Waals surface area (Å²) in [6.45, 7) is 6.07. The first-order valence-corrected chi connectivity index (χ1v) is 10.8. The topological polar surface area (TPSA) is 58.6 Å². The van der Waals surface area contributed by atoms with Crippen LogP contribution in [0.25, 0.3) is 16.7 Å². The highest BCUT2D eigenvalue weighted by Gasteiger charge is 2.50. The molecule has 2 aromatic carbocycles. The predicted octanol–water partition coefficient (Wildman–Crippen LogP) is 5.74. The number of ether oxygens (including phenoxy) is 1. The van der Waals surface area contributed by atoms with Crippen LogP contribution in [0.5, 0.6) is 0 Å². The zero-order valence-corrected chi connectivity index (χ0v) is 18.7. The highest BCUT2D eigenvalue weighted by molar-refractivity contribution is 6.30. The van der Waals surface area contributed by atoms with Gasteiger partial charge in [0.25, 0.3) is 5.91 Å². The Balaban J connectivity index is 1.80. The summed E-state index contributed by atoms with van der Waals surface area (Å²) in [6, 6.07) is 11.7. The Bertz CT molecular complexity index is 1030. The lowest BCUT2D eigenvalue weighted by Crippen LogP contribution is -2.51. The summed E-state index contributed by atoms with van der Waals surface area (Å²) in [5.41, 5.74) is 4.31. The molecule has 30 heavy (non-hydrogen) atoms. The number of aliphatic hydroxyl groups excluding tert-OH is 1. The zero-order chi connectivity index (χ0) is 21.7. The Morgan fingerprint density at radius 2 is 1.67 bits per heavy atom. The molecule has 1 heterocycles. The lowest BCUT2D eigenvalue weighted by Gasteiger charge is -2.42. The van der Waals surface area contributed by atoms with Crippen molar-refractivity contribution in [1.82, 2.24) is 5.32 Å². The van der Waals surface area contributed by atoms with E-state index in [1.54, 1.807) is 7.11 Å². The normalized spacial score (nSPS) is 26.4. The number of aryl methyl sites for hydroxylation is 1. The molecule has 4 nitrogen and oxygen atoms in total. The van der Waals surface area contributed by atoms with E-state index in [0.29, 0.717) is 23.4 Å². The number of amides is 1. The Hall–Kier alpha value is -2.30. The van der Waals surface area contributed by atoms with Crippen molar-refractivity contribution in [2.24, 2.45) is 0 Å². The smallest absolute Gasteiger partial charge is 0.256 e. The third-order valence-electron chi connectivity index (χ3n) is 7.00. The van der Waals surface area contributed by atoms with Crippen molar-refractivity contribution < 1.29 is 14.6 Å². The summed E-state index contributed by atoms with van der Waals surface area (Å²) < 4.78 is 5.65. The molecule has 0 aromatic heterocycles. The summed E-state index contributed by atoms with van der Waals surface area (Å²) in [7, 11) is 1.72. The highest BCUT2D eigenvalue weighted by atomic mass is 35.5. The second-order valence-electron chi connectivity index (χ2n) is 8.85. The van der Waals surface area contributed by atoms with Gasteiger partial charge in [-0.2, -0.15) is 0 Å². The molecule has 158 valence electrons. The van der Waals surface area contributed by atoms with Crippen LogP contribution < -0.4 is 5.32 Å². The molecule has 0 radical (unpaired) electrons. The van der Waals surface area contributed by atoms with Crippen molar-refractivity contribution >= 4 is 23.1 Å². The molecule has 2 aliphatic rings. The van der Waals surface area contributed by atoms with Gasteiger partial charge in [0.2, 0.25) is 0 Å². The number of benzene rings is 2. The minimum absolute atomic E-state index is 0.171. The first kappa shape index (κ1) is 21.0. The van der Waals surface area contributed by atoms with Crippen LogP contribution in [-0.2, 0) is 9.53 Å². The van der Waals surface area contributed by atoms with Gasteiger partial charge in [-0.25, -0.2) is 0 Å². The van der Waals surface area contributed by atoms with E-state index in [1.165, 1.54) is 0 Å².